The zero-order chi connectivity index (χ0) is 47.1. The van der Waals surface area contributed by atoms with Gasteiger partial charge >= 0.3 is 49.7 Å². The van der Waals surface area contributed by atoms with Gasteiger partial charge in [-0.15, -0.1) is 0 Å². The maximum Gasteiger partial charge on any atom is 2.00 e. The van der Waals surface area contributed by atoms with E-state index in [0.29, 0.717) is 38.9 Å². The molecule has 11 heteroatoms. The van der Waals surface area contributed by atoms with Gasteiger partial charge in [0.2, 0.25) is 0 Å². The quantitative estimate of drug-likeness (QED) is 0.0249. The average Bonchev–Trinajstić information content (AvgIpc) is 3.27. The van der Waals surface area contributed by atoms with Gasteiger partial charge in [-0.25, -0.2) is 9.59 Å². The summed E-state index contributed by atoms with van der Waals surface area (Å²) in [6.45, 7) is 5.51. The van der Waals surface area contributed by atoms with Crippen molar-refractivity contribution in [3.63, 3.8) is 0 Å². The Morgan fingerprint density at radius 2 is 0.462 bits per heavy atom. The third-order valence-corrected chi connectivity index (χ3v) is 12.0. The summed E-state index contributed by atoms with van der Waals surface area (Å²) >= 11 is 0. The van der Waals surface area contributed by atoms with Crippen molar-refractivity contribution in [1.29, 1.82) is 0 Å². The summed E-state index contributed by atoms with van der Waals surface area (Å²) in [6.07, 6.45) is 51.8. The number of carbonyl (C=O) groups is 4. The van der Waals surface area contributed by atoms with Gasteiger partial charge in [0, 0.05) is 24.8 Å². The molecule has 0 aliphatic heterocycles. The standard InChI is InChI=1S/2C27H52O5.Ca/c2*1-2-3-4-5-6-7-8-9-10-11-12-13-14-15-19-22-25-31-32-27(30)24-21-18-16-17-20-23-26(28)29;/h2*2-25H2,1H3,(H,28,29);/q;;+2/p-2. The van der Waals surface area contributed by atoms with E-state index in [4.69, 9.17) is 19.6 Å². The van der Waals surface area contributed by atoms with Crippen LogP contribution in [-0.4, -0.2) is 74.8 Å². The first-order chi connectivity index (χ1) is 31.3. The maximum absolute atomic E-state index is 11.6. The van der Waals surface area contributed by atoms with Crippen molar-refractivity contribution in [3.05, 3.63) is 0 Å². The minimum atomic E-state index is -0.991. The van der Waals surface area contributed by atoms with Gasteiger partial charge in [0.15, 0.2) is 0 Å². The van der Waals surface area contributed by atoms with Crippen molar-refractivity contribution < 1.29 is 48.9 Å². The van der Waals surface area contributed by atoms with Gasteiger partial charge in [-0.1, -0.05) is 245 Å². The van der Waals surface area contributed by atoms with Crippen LogP contribution in [0.4, 0.5) is 0 Å². The van der Waals surface area contributed by atoms with E-state index in [-0.39, 0.29) is 62.5 Å². The second kappa shape index (κ2) is 61.1. The Labute approximate surface area is 430 Å². The first-order valence-electron chi connectivity index (χ1n) is 27.4. The SMILES string of the molecule is CCCCCCCCCCCCCCCCCCOOC(=O)CCCCCCCC(=O)[O-].CCCCCCCCCCCCCCCCCCOOC(=O)CCCCCCCC(=O)[O-].[Ca+2]. The molecule has 0 spiro atoms. The number of carbonyl (C=O) groups excluding carboxylic acids is 4. The Balaban J connectivity index is -0.00000116. The number of aliphatic carboxylic acids is 2. The second-order valence-electron chi connectivity index (χ2n) is 18.4. The first kappa shape index (κ1) is 68.3. The number of hydrogen-bond acceptors (Lipinski definition) is 10. The third-order valence-electron chi connectivity index (χ3n) is 12.0. The molecule has 65 heavy (non-hydrogen) atoms. The van der Waals surface area contributed by atoms with Gasteiger partial charge in [-0.05, 0) is 51.4 Å². The summed E-state index contributed by atoms with van der Waals surface area (Å²) in [6, 6.07) is 0. The predicted molar refractivity (Wildman–Crippen MR) is 264 cm³/mol. The molecule has 0 unspecified atom stereocenters. The van der Waals surface area contributed by atoms with E-state index in [1.807, 2.05) is 0 Å². The van der Waals surface area contributed by atoms with Gasteiger partial charge in [0.25, 0.3) is 0 Å². The normalized spacial score (nSPS) is 10.9. The molecule has 0 aliphatic rings. The smallest absolute Gasteiger partial charge is 0.550 e. The van der Waals surface area contributed by atoms with Gasteiger partial charge in [0.1, 0.15) is 0 Å². The molecule has 0 radical (unpaired) electrons. The van der Waals surface area contributed by atoms with E-state index in [1.54, 1.807) is 0 Å². The van der Waals surface area contributed by atoms with Crippen molar-refractivity contribution >= 4 is 61.6 Å². The molecule has 0 N–H and O–H groups in total. The monoisotopic (exact) mass is 951 g/mol. The molecule has 0 aromatic heterocycles. The van der Waals surface area contributed by atoms with Crippen LogP contribution in [0.3, 0.4) is 0 Å². The number of carboxylic acid groups (broad SMARTS) is 2. The van der Waals surface area contributed by atoms with E-state index >= 15 is 0 Å². The molecule has 0 aromatic rings. The van der Waals surface area contributed by atoms with Crippen LogP contribution >= 0.6 is 0 Å². The summed E-state index contributed by atoms with van der Waals surface area (Å²) < 4.78 is 0. The summed E-state index contributed by atoms with van der Waals surface area (Å²) in [5.74, 6) is -2.60. The second-order valence-corrected chi connectivity index (χ2v) is 18.4. The van der Waals surface area contributed by atoms with E-state index in [2.05, 4.69) is 13.8 Å². The zero-order valence-electron chi connectivity index (χ0n) is 42.7. The summed E-state index contributed by atoms with van der Waals surface area (Å²) in [5, 5.41) is 20.6. The molecule has 0 saturated heterocycles. The van der Waals surface area contributed by atoms with Crippen LogP contribution in [0.5, 0.6) is 0 Å². The van der Waals surface area contributed by atoms with Crippen LogP contribution in [0.15, 0.2) is 0 Å². The molecule has 0 heterocycles. The zero-order valence-corrected chi connectivity index (χ0v) is 44.9. The Hall–Kier alpha value is -0.940. The molecule has 0 bridgehead atoms. The summed E-state index contributed by atoms with van der Waals surface area (Å²) in [5.41, 5.74) is 0. The predicted octanol–water partition coefficient (Wildman–Crippen LogP) is 14.0. The van der Waals surface area contributed by atoms with Gasteiger partial charge in [0.05, 0.1) is 13.2 Å². The van der Waals surface area contributed by atoms with Crippen LogP contribution in [0.2, 0.25) is 0 Å². The molecule has 0 atom stereocenters. The average molecular weight is 951 g/mol. The Kier molecular flexibility index (Phi) is 64.2. The Bertz CT molecular complexity index is 905. The Morgan fingerprint density at radius 3 is 0.677 bits per heavy atom. The van der Waals surface area contributed by atoms with E-state index < -0.39 is 11.9 Å². The van der Waals surface area contributed by atoms with Gasteiger partial charge in [-0.3, -0.25) is 9.78 Å². The van der Waals surface area contributed by atoms with Gasteiger partial charge < -0.3 is 19.8 Å². The third kappa shape index (κ3) is 67.4. The van der Waals surface area contributed by atoms with Crippen LogP contribution in [0, 0.1) is 0 Å². The molecular formula is C54H102CaO10. The molecule has 10 nitrogen and oxygen atoms in total. The van der Waals surface area contributed by atoms with Crippen LogP contribution in [-0.2, 0) is 38.7 Å². The number of carboxylic acids is 2. The summed E-state index contributed by atoms with van der Waals surface area (Å²) in [7, 11) is 0. The minimum Gasteiger partial charge on any atom is -0.550 e. The van der Waals surface area contributed by atoms with E-state index in [1.165, 1.54) is 180 Å². The van der Waals surface area contributed by atoms with Crippen molar-refractivity contribution in [2.75, 3.05) is 13.2 Å². The molecular weight excluding hydrogens is 849 g/mol. The fourth-order valence-corrected chi connectivity index (χ4v) is 7.85. The minimum absolute atomic E-state index is 0. The van der Waals surface area contributed by atoms with Crippen molar-refractivity contribution in [1.82, 2.24) is 0 Å². The topological polar surface area (TPSA) is 151 Å². The van der Waals surface area contributed by atoms with Crippen LogP contribution in [0.25, 0.3) is 0 Å². The van der Waals surface area contributed by atoms with Crippen LogP contribution in [0.1, 0.15) is 309 Å². The number of hydrogen-bond donors (Lipinski definition) is 0. The molecule has 0 rings (SSSR count). The molecule has 0 aromatic carbocycles. The number of rotatable bonds is 52. The molecule has 0 saturated carbocycles. The van der Waals surface area contributed by atoms with E-state index in [0.717, 1.165) is 77.0 Å². The molecule has 0 aliphatic carbocycles. The first-order valence-corrected chi connectivity index (χ1v) is 27.4. The van der Waals surface area contributed by atoms with Crippen LogP contribution < -0.4 is 10.2 Å². The van der Waals surface area contributed by atoms with Gasteiger partial charge in [-0.2, -0.15) is 9.78 Å². The molecule has 0 amide bonds. The Morgan fingerprint density at radius 1 is 0.277 bits per heavy atom. The number of unbranched alkanes of at least 4 members (excludes halogenated alkanes) is 38. The van der Waals surface area contributed by atoms with Crippen molar-refractivity contribution in [2.24, 2.45) is 0 Å². The largest absolute Gasteiger partial charge is 2.00 e. The molecule has 380 valence electrons. The van der Waals surface area contributed by atoms with Crippen molar-refractivity contribution in [3.8, 4) is 0 Å². The fraction of sp³-hybridized carbons (Fsp3) is 0.926. The van der Waals surface area contributed by atoms with Crippen molar-refractivity contribution in [2.45, 2.75) is 309 Å². The van der Waals surface area contributed by atoms with E-state index in [9.17, 15) is 29.4 Å². The maximum atomic E-state index is 11.6. The fourth-order valence-electron chi connectivity index (χ4n) is 7.85. The summed E-state index contributed by atoms with van der Waals surface area (Å²) in [4.78, 5) is 63.3. The molecule has 0 fully saturated rings.